The highest BCUT2D eigenvalue weighted by Gasteiger charge is 2.18. The first-order valence-electron chi connectivity index (χ1n) is 6.97. The van der Waals surface area contributed by atoms with Gasteiger partial charge in [-0.1, -0.05) is 41.9 Å². The molecule has 1 heterocycles. The number of nitrogens with zero attached hydrogens (tertiary/aromatic N) is 1. The van der Waals surface area contributed by atoms with Gasteiger partial charge in [-0.25, -0.2) is 8.42 Å². The first-order chi connectivity index (χ1) is 11.5. The van der Waals surface area contributed by atoms with Crippen LogP contribution in [0.5, 0.6) is 5.75 Å². The van der Waals surface area contributed by atoms with Crippen molar-refractivity contribution in [3.63, 3.8) is 0 Å². The molecule has 0 saturated heterocycles. The van der Waals surface area contributed by atoms with Gasteiger partial charge in [0, 0.05) is 6.07 Å². The second-order valence-corrected chi connectivity index (χ2v) is 7.02. The van der Waals surface area contributed by atoms with Gasteiger partial charge in [-0.3, -0.25) is 9.82 Å². The number of hydrogen-bond acceptors (Lipinski definition) is 4. The van der Waals surface area contributed by atoms with Crippen molar-refractivity contribution in [2.24, 2.45) is 0 Å². The van der Waals surface area contributed by atoms with Gasteiger partial charge < -0.3 is 4.74 Å². The molecule has 2 aromatic carbocycles. The van der Waals surface area contributed by atoms with E-state index >= 15 is 0 Å². The minimum atomic E-state index is -3.80. The Kier molecular flexibility index (Phi) is 4.46. The monoisotopic (exact) mass is 363 g/mol. The van der Waals surface area contributed by atoms with Crippen LogP contribution in [-0.4, -0.2) is 25.7 Å². The van der Waals surface area contributed by atoms with Crippen molar-refractivity contribution >= 4 is 27.4 Å². The van der Waals surface area contributed by atoms with E-state index in [1.807, 2.05) is 30.3 Å². The standard InChI is InChI=1S/C16H14ClN3O3S/c1-23-15-8-7-12(9-13(15)17)24(21,22)20-16-10-14(18-19-16)11-5-3-2-4-6-11/h2-10H,1H3,(H2,18,19,20). The van der Waals surface area contributed by atoms with Crippen LogP contribution >= 0.6 is 11.6 Å². The SMILES string of the molecule is COc1ccc(S(=O)(=O)Nc2cc(-c3ccccc3)[nH]n2)cc1Cl. The van der Waals surface area contributed by atoms with Crippen molar-refractivity contribution in [1.29, 1.82) is 0 Å². The van der Waals surface area contributed by atoms with Crippen LogP contribution in [0.25, 0.3) is 11.3 Å². The van der Waals surface area contributed by atoms with Gasteiger partial charge in [0.1, 0.15) is 5.75 Å². The third-order valence-corrected chi connectivity index (χ3v) is 4.98. The van der Waals surface area contributed by atoms with E-state index in [4.69, 9.17) is 16.3 Å². The number of rotatable bonds is 5. The summed E-state index contributed by atoms with van der Waals surface area (Å²) in [6, 6.07) is 15.3. The lowest BCUT2D eigenvalue weighted by Gasteiger charge is -2.07. The summed E-state index contributed by atoms with van der Waals surface area (Å²) in [5.74, 6) is 0.600. The number of ether oxygens (including phenoxy) is 1. The number of hydrogen-bond donors (Lipinski definition) is 2. The van der Waals surface area contributed by atoms with Crippen LogP contribution in [0.2, 0.25) is 5.02 Å². The predicted molar refractivity (Wildman–Crippen MR) is 92.8 cm³/mol. The lowest BCUT2D eigenvalue weighted by atomic mass is 10.2. The molecule has 124 valence electrons. The lowest BCUT2D eigenvalue weighted by Crippen LogP contribution is -2.13. The number of sulfonamides is 1. The molecule has 6 nitrogen and oxygen atoms in total. The van der Waals surface area contributed by atoms with Gasteiger partial charge in [-0.2, -0.15) is 5.10 Å². The van der Waals surface area contributed by atoms with E-state index < -0.39 is 10.0 Å². The number of aromatic nitrogens is 2. The molecule has 0 saturated carbocycles. The Labute approximate surface area is 144 Å². The number of H-pyrrole nitrogens is 1. The van der Waals surface area contributed by atoms with Crippen LogP contribution in [0.1, 0.15) is 0 Å². The van der Waals surface area contributed by atoms with Crippen molar-refractivity contribution < 1.29 is 13.2 Å². The Balaban J connectivity index is 1.85. The zero-order valence-electron chi connectivity index (χ0n) is 12.7. The van der Waals surface area contributed by atoms with E-state index in [0.717, 1.165) is 5.56 Å². The largest absolute Gasteiger partial charge is 0.495 e. The number of nitrogens with one attached hydrogen (secondary N) is 2. The average molecular weight is 364 g/mol. The fourth-order valence-corrected chi connectivity index (χ4v) is 3.49. The van der Waals surface area contributed by atoms with Crippen LogP contribution in [0.4, 0.5) is 5.82 Å². The molecule has 0 fully saturated rings. The molecule has 8 heteroatoms. The Bertz CT molecular complexity index is 956. The lowest BCUT2D eigenvalue weighted by molar-refractivity contribution is 0.414. The summed E-state index contributed by atoms with van der Waals surface area (Å²) >= 11 is 5.98. The van der Waals surface area contributed by atoms with Crippen molar-refractivity contribution in [2.75, 3.05) is 11.8 Å². The van der Waals surface area contributed by atoms with Gasteiger partial charge in [0.05, 0.1) is 22.7 Å². The number of aromatic amines is 1. The molecule has 0 aliphatic heterocycles. The topological polar surface area (TPSA) is 84.1 Å². The summed E-state index contributed by atoms with van der Waals surface area (Å²) in [6.07, 6.45) is 0. The Morgan fingerprint density at radius 3 is 2.54 bits per heavy atom. The van der Waals surface area contributed by atoms with Gasteiger partial charge in [-0.05, 0) is 23.8 Å². The number of benzene rings is 2. The quantitative estimate of drug-likeness (QED) is 0.726. The summed E-state index contributed by atoms with van der Waals surface area (Å²) in [6.45, 7) is 0. The molecule has 0 radical (unpaired) electrons. The van der Waals surface area contributed by atoms with E-state index in [2.05, 4.69) is 14.9 Å². The van der Waals surface area contributed by atoms with Gasteiger partial charge in [0.15, 0.2) is 5.82 Å². The normalized spacial score (nSPS) is 11.2. The summed E-state index contributed by atoms with van der Waals surface area (Å²) in [5.41, 5.74) is 1.61. The maximum Gasteiger partial charge on any atom is 0.263 e. The Morgan fingerprint density at radius 2 is 1.88 bits per heavy atom. The number of halogens is 1. The minimum absolute atomic E-state index is 0.0255. The first kappa shape index (κ1) is 16.4. The molecule has 0 amide bonds. The molecule has 24 heavy (non-hydrogen) atoms. The number of methoxy groups -OCH3 is 1. The second-order valence-electron chi connectivity index (χ2n) is 4.93. The summed E-state index contributed by atoms with van der Waals surface area (Å²) < 4.78 is 32.3. The predicted octanol–water partition coefficient (Wildman–Crippen LogP) is 3.54. The summed E-state index contributed by atoms with van der Waals surface area (Å²) in [4.78, 5) is 0.0255. The van der Waals surface area contributed by atoms with Crippen molar-refractivity contribution in [1.82, 2.24) is 10.2 Å². The van der Waals surface area contributed by atoms with E-state index in [1.165, 1.54) is 25.3 Å². The molecular weight excluding hydrogens is 350 g/mol. The van der Waals surface area contributed by atoms with Gasteiger partial charge in [0.25, 0.3) is 10.0 Å². The Hall–Kier alpha value is -2.51. The molecule has 0 bridgehead atoms. The molecule has 0 unspecified atom stereocenters. The van der Waals surface area contributed by atoms with Crippen molar-refractivity contribution in [3.8, 4) is 17.0 Å². The molecule has 0 spiro atoms. The highest BCUT2D eigenvalue weighted by Crippen LogP contribution is 2.28. The highest BCUT2D eigenvalue weighted by molar-refractivity contribution is 7.92. The Morgan fingerprint density at radius 1 is 1.12 bits per heavy atom. The fraction of sp³-hybridized carbons (Fsp3) is 0.0625. The van der Waals surface area contributed by atoms with Crippen molar-refractivity contribution in [2.45, 2.75) is 4.90 Å². The fourth-order valence-electron chi connectivity index (χ4n) is 2.15. The maximum atomic E-state index is 12.4. The molecule has 0 aliphatic carbocycles. The minimum Gasteiger partial charge on any atom is -0.495 e. The average Bonchev–Trinajstić information content (AvgIpc) is 3.03. The highest BCUT2D eigenvalue weighted by atomic mass is 35.5. The van der Waals surface area contributed by atoms with Crippen LogP contribution in [0, 0.1) is 0 Å². The van der Waals surface area contributed by atoms with Gasteiger partial charge in [0.2, 0.25) is 0 Å². The van der Waals surface area contributed by atoms with E-state index in [9.17, 15) is 8.42 Å². The molecule has 3 rings (SSSR count). The zero-order valence-corrected chi connectivity index (χ0v) is 14.2. The van der Waals surface area contributed by atoms with Crippen LogP contribution in [-0.2, 0) is 10.0 Å². The molecule has 0 atom stereocenters. The molecule has 2 N–H and O–H groups in total. The van der Waals surface area contributed by atoms with Crippen LogP contribution in [0.3, 0.4) is 0 Å². The molecule has 1 aromatic heterocycles. The third kappa shape index (κ3) is 3.37. The van der Waals surface area contributed by atoms with E-state index in [0.29, 0.717) is 11.4 Å². The zero-order chi connectivity index (χ0) is 17.2. The third-order valence-electron chi connectivity index (χ3n) is 3.34. The van der Waals surface area contributed by atoms with E-state index in [1.54, 1.807) is 6.07 Å². The van der Waals surface area contributed by atoms with E-state index in [-0.39, 0.29) is 15.7 Å². The smallest absolute Gasteiger partial charge is 0.263 e. The van der Waals surface area contributed by atoms with Crippen molar-refractivity contribution in [3.05, 3.63) is 59.6 Å². The first-order valence-corrected chi connectivity index (χ1v) is 8.83. The van der Waals surface area contributed by atoms with Crippen LogP contribution in [0.15, 0.2) is 59.5 Å². The summed E-state index contributed by atoms with van der Waals surface area (Å²) in [5, 5.41) is 7.00. The van der Waals surface area contributed by atoms with Gasteiger partial charge >= 0.3 is 0 Å². The summed E-state index contributed by atoms with van der Waals surface area (Å²) in [7, 11) is -2.34. The van der Waals surface area contributed by atoms with Crippen LogP contribution < -0.4 is 9.46 Å². The molecular formula is C16H14ClN3O3S. The molecule has 0 aliphatic rings. The number of anilines is 1. The maximum absolute atomic E-state index is 12.4. The second kappa shape index (κ2) is 6.54. The van der Waals surface area contributed by atoms with Gasteiger partial charge in [-0.15, -0.1) is 0 Å². The molecule has 3 aromatic rings.